The summed E-state index contributed by atoms with van der Waals surface area (Å²) < 4.78 is 10.8. The molecule has 1 aliphatic rings. The zero-order valence-electron chi connectivity index (χ0n) is 13.9. The highest BCUT2D eigenvalue weighted by atomic mass is 16.5. The van der Waals surface area contributed by atoms with Crippen LogP contribution in [0.2, 0.25) is 0 Å². The zero-order chi connectivity index (χ0) is 15.9. The maximum absolute atomic E-state index is 12.4. The number of aryl methyl sites for hydroxylation is 1. The Bertz CT molecular complexity index is 471. The van der Waals surface area contributed by atoms with Gasteiger partial charge in [0.25, 0.3) is 0 Å². The van der Waals surface area contributed by atoms with E-state index in [1.807, 2.05) is 4.90 Å². The van der Waals surface area contributed by atoms with Gasteiger partial charge in [-0.05, 0) is 25.7 Å². The third-order valence-electron chi connectivity index (χ3n) is 4.27. The van der Waals surface area contributed by atoms with Gasteiger partial charge in [-0.15, -0.1) is 0 Å². The van der Waals surface area contributed by atoms with Gasteiger partial charge in [0, 0.05) is 32.4 Å². The summed E-state index contributed by atoms with van der Waals surface area (Å²) in [4.78, 5) is 18.6. The second kappa shape index (κ2) is 8.27. The van der Waals surface area contributed by atoms with Crippen LogP contribution in [0, 0.1) is 12.8 Å². The van der Waals surface area contributed by atoms with Crippen molar-refractivity contribution in [3.63, 3.8) is 0 Å². The van der Waals surface area contributed by atoms with Gasteiger partial charge in [0.05, 0.1) is 12.7 Å². The highest BCUT2D eigenvalue weighted by molar-refractivity contribution is 5.78. The van der Waals surface area contributed by atoms with Crippen LogP contribution >= 0.6 is 0 Å². The fraction of sp³-hybridized carbons (Fsp3) is 0.812. The summed E-state index contributed by atoms with van der Waals surface area (Å²) in [5, 5.41) is 3.86. The van der Waals surface area contributed by atoms with E-state index in [2.05, 4.69) is 24.0 Å². The molecule has 1 atom stereocenters. The summed E-state index contributed by atoms with van der Waals surface area (Å²) in [6, 6.07) is 0. The third-order valence-corrected chi connectivity index (χ3v) is 4.27. The van der Waals surface area contributed by atoms with Gasteiger partial charge in [-0.1, -0.05) is 19.0 Å². The first kappa shape index (κ1) is 16.9. The Morgan fingerprint density at radius 3 is 2.86 bits per heavy atom. The second-order valence-electron chi connectivity index (χ2n) is 5.91. The summed E-state index contributed by atoms with van der Waals surface area (Å²) in [6.45, 7) is 8.07. The van der Waals surface area contributed by atoms with Crippen molar-refractivity contribution in [2.75, 3.05) is 19.7 Å². The number of hydrogen-bond donors (Lipinski definition) is 0. The molecule has 0 radical (unpaired) electrons. The minimum absolute atomic E-state index is 0.125. The van der Waals surface area contributed by atoms with E-state index in [-0.39, 0.29) is 17.9 Å². The largest absolute Gasteiger partial charge is 0.376 e. The first-order valence-electron chi connectivity index (χ1n) is 8.33. The average molecular weight is 309 g/mol. The highest BCUT2D eigenvalue weighted by Crippen LogP contribution is 2.19. The van der Waals surface area contributed by atoms with Crippen molar-refractivity contribution in [2.24, 2.45) is 5.92 Å². The number of amides is 1. The Kier molecular flexibility index (Phi) is 6.36. The van der Waals surface area contributed by atoms with Crippen molar-refractivity contribution >= 4 is 5.91 Å². The minimum atomic E-state index is 0.125. The molecule has 0 aliphatic carbocycles. The van der Waals surface area contributed by atoms with Gasteiger partial charge in [-0.2, -0.15) is 4.98 Å². The number of likely N-dealkylation sites (tertiary alicyclic amines) is 1. The molecule has 124 valence electrons. The molecular formula is C16H27N3O3. The molecule has 1 unspecified atom stereocenters. The Balaban J connectivity index is 1.76. The van der Waals surface area contributed by atoms with Crippen molar-refractivity contribution in [2.45, 2.75) is 59.0 Å². The van der Waals surface area contributed by atoms with Gasteiger partial charge in [-0.25, -0.2) is 0 Å². The molecule has 0 bridgehead atoms. The van der Waals surface area contributed by atoms with Crippen LogP contribution in [0.5, 0.6) is 0 Å². The molecular weight excluding hydrogens is 282 g/mol. The summed E-state index contributed by atoms with van der Waals surface area (Å²) in [7, 11) is 0. The predicted molar refractivity (Wildman–Crippen MR) is 82.4 cm³/mol. The molecule has 0 spiro atoms. The van der Waals surface area contributed by atoms with Gasteiger partial charge in [-0.3, -0.25) is 4.79 Å². The van der Waals surface area contributed by atoms with Crippen LogP contribution in [0.25, 0.3) is 0 Å². The van der Waals surface area contributed by atoms with E-state index in [0.29, 0.717) is 31.3 Å². The lowest BCUT2D eigenvalue weighted by atomic mass is 9.99. The fourth-order valence-corrected chi connectivity index (χ4v) is 2.93. The number of rotatable bonds is 7. The summed E-state index contributed by atoms with van der Waals surface area (Å²) in [6.07, 6.45) is 4.62. The Hall–Kier alpha value is -1.43. The molecule has 1 fully saturated rings. The van der Waals surface area contributed by atoms with E-state index < -0.39 is 0 Å². The number of carbonyl (C=O) groups excluding carboxylic acids is 1. The van der Waals surface area contributed by atoms with E-state index in [4.69, 9.17) is 9.26 Å². The number of nitrogens with zero attached hydrogens (tertiary/aromatic N) is 3. The van der Waals surface area contributed by atoms with E-state index in [1.165, 1.54) is 0 Å². The molecule has 1 aromatic rings. The molecule has 1 aromatic heterocycles. The molecule has 22 heavy (non-hydrogen) atoms. The van der Waals surface area contributed by atoms with Crippen LogP contribution in [0.3, 0.4) is 0 Å². The van der Waals surface area contributed by atoms with E-state index >= 15 is 0 Å². The lowest BCUT2D eigenvalue weighted by molar-refractivity contribution is -0.139. The third kappa shape index (κ3) is 4.53. The highest BCUT2D eigenvalue weighted by Gasteiger charge is 2.27. The van der Waals surface area contributed by atoms with Crippen LogP contribution < -0.4 is 0 Å². The molecule has 6 heteroatoms. The molecule has 1 amide bonds. The van der Waals surface area contributed by atoms with Gasteiger partial charge in [0.2, 0.25) is 11.8 Å². The quantitative estimate of drug-likeness (QED) is 0.773. The first-order valence-corrected chi connectivity index (χ1v) is 8.33. The average Bonchev–Trinajstić information content (AvgIpc) is 2.94. The second-order valence-corrected chi connectivity index (χ2v) is 5.91. The summed E-state index contributed by atoms with van der Waals surface area (Å²) >= 11 is 0. The van der Waals surface area contributed by atoms with Crippen molar-refractivity contribution < 1.29 is 14.1 Å². The molecule has 1 saturated heterocycles. The van der Waals surface area contributed by atoms with Crippen LogP contribution in [0.15, 0.2) is 4.52 Å². The maximum Gasteiger partial charge on any atom is 0.225 e. The molecule has 0 aromatic carbocycles. The normalized spacial score (nSPS) is 18.9. The monoisotopic (exact) mass is 309 g/mol. The lowest BCUT2D eigenvalue weighted by Crippen LogP contribution is -2.45. The Labute approximate surface area is 132 Å². The molecule has 2 heterocycles. The van der Waals surface area contributed by atoms with Crippen molar-refractivity contribution in [3.05, 3.63) is 11.7 Å². The molecule has 6 nitrogen and oxygen atoms in total. The fourth-order valence-electron chi connectivity index (χ4n) is 2.93. The van der Waals surface area contributed by atoms with E-state index in [0.717, 1.165) is 32.2 Å². The van der Waals surface area contributed by atoms with Gasteiger partial charge < -0.3 is 14.2 Å². The van der Waals surface area contributed by atoms with Crippen molar-refractivity contribution in [1.82, 2.24) is 15.0 Å². The SMILES string of the molecule is CCC(CC)C(=O)N1CCCC(OCCc2noc(C)n2)C1. The van der Waals surface area contributed by atoms with Gasteiger partial charge in [0.1, 0.15) is 0 Å². The molecule has 1 aliphatic heterocycles. The first-order chi connectivity index (χ1) is 10.6. The standard InChI is InChI=1S/C16H27N3O3/c1-4-13(5-2)16(20)19-9-6-7-14(11-19)21-10-8-15-17-12(3)22-18-15/h13-14H,4-11H2,1-3H3. The molecule has 0 saturated carbocycles. The van der Waals surface area contributed by atoms with Crippen molar-refractivity contribution in [1.29, 1.82) is 0 Å². The van der Waals surface area contributed by atoms with E-state index in [9.17, 15) is 4.79 Å². The number of ether oxygens (including phenoxy) is 1. The maximum atomic E-state index is 12.4. The number of aromatic nitrogens is 2. The van der Waals surface area contributed by atoms with Gasteiger partial charge in [0.15, 0.2) is 5.82 Å². The van der Waals surface area contributed by atoms with Crippen LogP contribution in [0.4, 0.5) is 0 Å². The van der Waals surface area contributed by atoms with E-state index in [1.54, 1.807) is 6.92 Å². The predicted octanol–water partition coefficient (Wildman–Crippen LogP) is 2.36. The van der Waals surface area contributed by atoms with Crippen LogP contribution in [0.1, 0.15) is 51.2 Å². The summed E-state index contributed by atoms with van der Waals surface area (Å²) in [5.41, 5.74) is 0. The number of piperidine rings is 1. The summed E-state index contributed by atoms with van der Waals surface area (Å²) in [5.74, 6) is 1.70. The van der Waals surface area contributed by atoms with Crippen LogP contribution in [-0.4, -0.2) is 46.7 Å². The Morgan fingerprint density at radius 1 is 1.45 bits per heavy atom. The number of carbonyl (C=O) groups is 1. The molecule has 2 rings (SSSR count). The smallest absolute Gasteiger partial charge is 0.225 e. The minimum Gasteiger partial charge on any atom is -0.376 e. The zero-order valence-corrected chi connectivity index (χ0v) is 13.9. The van der Waals surface area contributed by atoms with Gasteiger partial charge >= 0.3 is 0 Å². The Morgan fingerprint density at radius 2 is 2.23 bits per heavy atom. The molecule has 0 N–H and O–H groups in total. The topological polar surface area (TPSA) is 68.5 Å². The van der Waals surface area contributed by atoms with Crippen molar-refractivity contribution in [3.8, 4) is 0 Å². The lowest BCUT2D eigenvalue weighted by Gasteiger charge is -2.34. The number of hydrogen-bond acceptors (Lipinski definition) is 5. The van der Waals surface area contributed by atoms with Crippen LogP contribution in [-0.2, 0) is 16.0 Å².